The Morgan fingerprint density at radius 1 is 1.46 bits per heavy atom. The van der Waals surface area contributed by atoms with E-state index in [4.69, 9.17) is 10.3 Å². The molecule has 74 valence electrons. The molecule has 0 fully saturated rings. The second kappa shape index (κ2) is 3.43. The van der Waals surface area contributed by atoms with Gasteiger partial charge in [0.1, 0.15) is 0 Å². The molecule has 0 saturated carbocycles. The molecule has 0 aliphatic carbocycles. The predicted octanol–water partition coefficient (Wildman–Crippen LogP) is 0.325. The van der Waals surface area contributed by atoms with Gasteiger partial charge in [0, 0.05) is 0 Å². The Kier molecular flexibility index (Phi) is 2.68. The first-order valence-corrected chi connectivity index (χ1v) is 4.16. The molecule has 0 amide bonds. The zero-order chi connectivity index (χ0) is 10.1. The Bertz CT molecular complexity index is 274. The van der Waals surface area contributed by atoms with Gasteiger partial charge in [0.25, 0.3) is 0 Å². The van der Waals surface area contributed by atoms with Crippen LogP contribution in [0.25, 0.3) is 0 Å². The number of aromatic nitrogens is 2. The third-order valence-corrected chi connectivity index (χ3v) is 1.50. The quantitative estimate of drug-likeness (QED) is 0.733. The third kappa shape index (κ3) is 2.78. The molecule has 0 saturated heterocycles. The summed E-state index contributed by atoms with van der Waals surface area (Å²) in [5.41, 5.74) is 5.27. The van der Waals surface area contributed by atoms with E-state index in [0.29, 0.717) is 18.3 Å². The molecule has 13 heavy (non-hydrogen) atoms. The molecule has 5 heteroatoms. The number of hydrogen-bond donors (Lipinski definition) is 1. The smallest absolute Gasteiger partial charge is 0.240 e. The standard InChI is InChI=1S/C8H16N4O/c1-8(2,9)7-10-6(13-11-7)5-12(3)4/h5,9H2,1-4H3. The van der Waals surface area contributed by atoms with E-state index in [-0.39, 0.29) is 0 Å². The zero-order valence-electron chi connectivity index (χ0n) is 8.53. The molecule has 0 aromatic carbocycles. The molecule has 5 nitrogen and oxygen atoms in total. The van der Waals surface area contributed by atoms with Gasteiger partial charge in [-0.05, 0) is 27.9 Å². The van der Waals surface area contributed by atoms with Crippen LogP contribution in [0.4, 0.5) is 0 Å². The molecule has 2 N–H and O–H groups in total. The van der Waals surface area contributed by atoms with Crippen molar-refractivity contribution in [1.29, 1.82) is 0 Å². The Labute approximate surface area is 77.9 Å². The van der Waals surface area contributed by atoms with Gasteiger partial charge in [0.2, 0.25) is 5.89 Å². The first-order valence-electron chi connectivity index (χ1n) is 4.16. The van der Waals surface area contributed by atoms with Crippen LogP contribution in [0.15, 0.2) is 4.52 Å². The van der Waals surface area contributed by atoms with Crippen LogP contribution in [-0.4, -0.2) is 29.1 Å². The monoisotopic (exact) mass is 184 g/mol. The summed E-state index contributed by atoms with van der Waals surface area (Å²) in [6.07, 6.45) is 0. The summed E-state index contributed by atoms with van der Waals surface area (Å²) in [6, 6.07) is 0. The lowest BCUT2D eigenvalue weighted by molar-refractivity contribution is 0.299. The summed E-state index contributed by atoms with van der Waals surface area (Å²) in [4.78, 5) is 6.14. The second-order valence-corrected chi connectivity index (χ2v) is 3.97. The molecular formula is C8H16N4O. The fourth-order valence-electron chi connectivity index (χ4n) is 0.851. The minimum absolute atomic E-state index is 0.534. The molecule has 1 rings (SSSR count). The molecule has 0 aliphatic heterocycles. The molecule has 1 aromatic heterocycles. The maximum Gasteiger partial charge on any atom is 0.240 e. The van der Waals surface area contributed by atoms with E-state index in [2.05, 4.69) is 10.1 Å². The van der Waals surface area contributed by atoms with E-state index in [0.717, 1.165) is 0 Å². The van der Waals surface area contributed by atoms with E-state index >= 15 is 0 Å². The summed E-state index contributed by atoms with van der Waals surface area (Å²) < 4.78 is 5.02. The molecule has 0 atom stereocenters. The van der Waals surface area contributed by atoms with Crippen LogP contribution >= 0.6 is 0 Å². The van der Waals surface area contributed by atoms with E-state index in [1.165, 1.54) is 0 Å². The number of hydrogen-bond acceptors (Lipinski definition) is 5. The van der Waals surface area contributed by atoms with Gasteiger partial charge >= 0.3 is 0 Å². The van der Waals surface area contributed by atoms with Crippen LogP contribution in [0.5, 0.6) is 0 Å². The molecule has 0 unspecified atom stereocenters. The first kappa shape index (κ1) is 10.1. The maximum atomic E-state index is 5.80. The van der Waals surface area contributed by atoms with E-state index < -0.39 is 5.54 Å². The largest absolute Gasteiger partial charge is 0.338 e. The minimum atomic E-state index is -0.534. The SMILES string of the molecule is CN(C)Cc1nc(C(C)(C)N)no1. The molecule has 0 bridgehead atoms. The van der Waals surface area contributed by atoms with Crippen molar-refractivity contribution in [3.63, 3.8) is 0 Å². The van der Waals surface area contributed by atoms with Crippen LogP contribution in [0.1, 0.15) is 25.6 Å². The van der Waals surface area contributed by atoms with Gasteiger partial charge in [-0.2, -0.15) is 4.98 Å². The predicted molar refractivity (Wildman–Crippen MR) is 48.9 cm³/mol. The van der Waals surface area contributed by atoms with Crippen molar-refractivity contribution in [3.8, 4) is 0 Å². The fourth-order valence-corrected chi connectivity index (χ4v) is 0.851. The van der Waals surface area contributed by atoms with Gasteiger partial charge < -0.3 is 15.2 Å². The second-order valence-electron chi connectivity index (χ2n) is 3.97. The van der Waals surface area contributed by atoms with Crippen molar-refractivity contribution in [3.05, 3.63) is 11.7 Å². The van der Waals surface area contributed by atoms with Gasteiger partial charge in [-0.1, -0.05) is 5.16 Å². The highest BCUT2D eigenvalue weighted by Gasteiger charge is 2.21. The number of rotatable bonds is 3. The molecular weight excluding hydrogens is 168 g/mol. The molecule has 1 aromatic rings. The van der Waals surface area contributed by atoms with Crippen molar-refractivity contribution in [2.75, 3.05) is 14.1 Å². The topological polar surface area (TPSA) is 68.2 Å². The van der Waals surface area contributed by atoms with Crippen LogP contribution in [0, 0.1) is 0 Å². The van der Waals surface area contributed by atoms with Gasteiger partial charge in [-0.15, -0.1) is 0 Å². The highest BCUT2D eigenvalue weighted by atomic mass is 16.5. The van der Waals surface area contributed by atoms with Crippen molar-refractivity contribution in [2.45, 2.75) is 25.9 Å². The van der Waals surface area contributed by atoms with Crippen molar-refractivity contribution >= 4 is 0 Å². The lowest BCUT2D eigenvalue weighted by Gasteiger charge is -2.11. The number of nitrogens with zero attached hydrogens (tertiary/aromatic N) is 3. The summed E-state index contributed by atoms with van der Waals surface area (Å²) >= 11 is 0. The van der Waals surface area contributed by atoms with Crippen molar-refractivity contribution in [2.24, 2.45) is 5.73 Å². The Balaban J connectivity index is 2.75. The first-order chi connectivity index (χ1) is 5.89. The average Bonchev–Trinajstić information content (AvgIpc) is 2.32. The normalized spacial score (nSPS) is 12.5. The van der Waals surface area contributed by atoms with Gasteiger partial charge in [-0.3, -0.25) is 0 Å². The lowest BCUT2D eigenvalue weighted by atomic mass is 10.1. The van der Waals surface area contributed by atoms with E-state index in [1.54, 1.807) is 0 Å². The van der Waals surface area contributed by atoms with Gasteiger partial charge in [0.05, 0.1) is 12.1 Å². The Morgan fingerprint density at radius 2 is 2.08 bits per heavy atom. The average molecular weight is 184 g/mol. The molecule has 0 spiro atoms. The summed E-state index contributed by atoms with van der Waals surface area (Å²) in [5.74, 6) is 1.14. The summed E-state index contributed by atoms with van der Waals surface area (Å²) in [5, 5.41) is 3.80. The highest BCUT2D eigenvalue weighted by Crippen LogP contribution is 2.12. The summed E-state index contributed by atoms with van der Waals surface area (Å²) in [7, 11) is 3.88. The molecule has 0 aliphatic rings. The number of nitrogens with two attached hydrogens (primary N) is 1. The van der Waals surface area contributed by atoms with Crippen molar-refractivity contribution < 1.29 is 4.52 Å². The fraction of sp³-hybridized carbons (Fsp3) is 0.750. The van der Waals surface area contributed by atoms with Crippen LogP contribution in [-0.2, 0) is 12.1 Å². The highest BCUT2D eigenvalue weighted by molar-refractivity contribution is 4.98. The van der Waals surface area contributed by atoms with E-state index in [1.807, 2.05) is 32.8 Å². The Morgan fingerprint density at radius 3 is 2.46 bits per heavy atom. The van der Waals surface area contributed by atoms with Crippen LogP contribution in [0.3, 0.4) is 0 Å². The molecule has 1 heterocycles. The van der Waals surface area contributed by atoms with Gasteiger partial charge in [-0.25, -0.2) is 0 Å². The summed E-state index contributed by atoms with van der Waals surface area (Å²) in [6.45, 7) is 4.33. The minimum Gasteiger partial charge on any atom is -0.338 e. The maximum absolute atomic E-state index is 5.80. The lowest BCUT2D eigenvalue weighted by Crippen LogP contribution is -2.30. The Hall–Kier alpha value is -0.940. The van der Waals surface area contributed by atoms with E-state index in [9.17, 15) is 0 Å². The van der Waals surface area contributed by atoms with Gasteiger partial charge in [0.15, 0.2) is 5.82 Å². The van der Waals surface area contributed by atoms with Crippen LogP contribution in [0.2, 0.25) is 0 Å². The zero-order valence-corrected chi connectivity index (χ0v) is 8.53. The van der Waals surface area contributed by atoms with Crippen LogP contribution < -0.4 is 5.73 Å². The molecule has 0 radical (unpaired) electrons. The van der Waals surface area contributed by atoms with Crippen molar-refractivity contribution in [1.82, 2.24) is 15.0 Å². The third-order valence-electron chi connectivity index (χ3n) is 1.50.